The molecule has 0 aliphatic rings. The first-order valence-corrected chi connectivity index (χ1v) is 30.7. The van der Waals surface area contributed by atoms with Gasteiger partial charge in [-0.2, -0.15) is 76.4 Å². The molecule has 0 aliphatic heterocycles. The van der Waals surface area contributed by atoms with Gasteiger partial charge in [-0.05, 0) is 99.7 Å². The molecule has 107 heavy (non-hydrogen) atoms. The van der Waals surface area contributed by atoms with Gasteiger partial charge in [0.2, 0.25) is 0 Å². The number of rotatable bonds is 14. The third-order valence-corrected chi connectivity index (χ3v) is 12.8. The van der Waals surface area contributed by atoms with Crippen molar-refractivity contribution in [3.05, 3.63) is 239 Å². The van der Waals surface area contributed by atoms with E-state index in [-0.39, 0.29) is 68.1 Å². The molecule has 5 N–H and O–H groups in total. The van der Waals surface area contributed by atoms with Gasteiger partial charge in [0.05, 0.1) is 94.2 Å². The summed E-state index contributed by atoms with van der Waals surface area (Å²) in [6, 6.07) is 15.2. The van der Waals surface area contributed by atoms with Crippen LogP contribution in [0.5, 0.6) is 0 Å². The van der Waals surface area contributed by atoms with Crippen LogP contribution in [0.1, 0.15) is 128 Å². The molecule has 24 nitrogen and oxygen atoms in total. The van der Waals surface area contributed by atoms with Crippen molar-refractivity contribution in [2.24, 2.45) is 5.73 Å². The van der Waals surface area contributed by atoms with Gasteiger partial charge in [-0.1, -0.05) is 30.3 Å². The Morgan fingerprint density at radius 2 is 0.766 bits per heavy atom. The number of H-pyrrole nitrogens is 1. The van der Waals surface area contributed by atoms with E-state index >= 15 is 0 Å². The molecule has 42 heteroatoms. The van der Waals surface area contributed by atoms with Crippen molar-refractivity contribution in [3.63, 3.8) is 0 Å². The van der Waals surface area contributed by atoms with E-state index in [4.69, 9.17) is 37.3 Å². The maximum absolute atomic E-state index is 12.5. The molecule has 0 atom stereocenters. The van der Waals surface area contributed by atoms with Gasteiger partial charge in [-0.3, -0.25) is 24.9 Å². The number of nitriles is 2. The maximum Gasteiger partial charge on any atom is 1.00 e. The molecule has 0 radical (unpaired) electrons. The maximum atomic E-state index is 12.5. The van der Waals surface area contributed by atoms with Crippen LogP contribution in [-0.2, 0) is 92.0 Å². The summed E-state index contributed by atoms with van der Waals surface area (Å²) in [6.07, 6.45) is -1.67. The zero-order valence-corrected chi connectivity index (χ0v) is 61.0. The Hall–Kier alpha value is -10.2. The SMILES string of the molecule is CC(C)(C)OC(=O)NCc1cn(Cc2ccc(C(F)(F)F)nc2)cn1.CC(C)(C)OC(=O)NCc1cn(Cc2ccc(C(F)(F)F)nc2)cn1.Cl.FC(F)(F)c1ccc(CCl)cn1.N#Cc1cn(Cc2ccc(C(F)(F)F)nc2)cn1.N#Cc1cnc[nH]1.NCc1cn(Cc2ccc(C(F)(F)F)nc2)cn1.[H-].[Na+]. The minimum Gasteiger partial charge on any atom is -1.00 e. The van der Waals surface area contributed by atoms with Crippen LogP contribution in [0, 0.1) is 22.7 Å². The second-order valence-electron chi connectivity index (χ2n) is 23.5. The molecule has 0 saturated carbocycles. The number of nitrogens with one attached hydrogen (secondary N) is 3. The topological polar surface area (TPSA) is 315 Å². The molecule has 0 fully saturated rings. The molecule has 0 unspecified atom stereocenters. The largest absolute Gasteiger partial charge is 1.00 e. The number of nitrogens with two attached hydrogens (primary N) is 1. The Balaban J connectivity index is 0.000000452. The second kappa shape index (κ2) is 41.1. The Kier molecular flexibility index (Phi) is 34.9. The van der Waals surface area contributed by atoms with Crippen molar-refractivity contribution in [3.8, 4) is 12.1 Å². The standard InChI is InChI=1S/2C16H19F3N4O2.C11H11F3N4.C11H7F3N4.C7H5ClF3N.C4H3N3.ClH.Na.H/c2*1-15(2,3)25-14(24)21-7-12-9-23(10-22-12)8-11-4-5-13(20-6-11)16(17,18)19;2*12-11(13,14)10-2-1-8(4-16-10)5-18-6-9(3-15)17-7-18;8-3-5-1-2-6(12-4-5)7(9,10)11;5-1-4-2-6-3-7-4;;;/h2*4-6,9-10H,7-8H2,1-3H3,(H,21,24);1-2,4,6-7H,3,5,15H2;1-2,4,6-7H,5H2;1-2,4H,3H2;2-3H,(H,6,7);1H;;/q;;;;;;;+1;-1. The van der Waals surface area contributed by atoms with Gasteiger partial charge in [0.25, 0.3) is 0 Å². The van der Waals surface area contributed by atoms with E-state index in [1.165, 1.54) is 86.6 Å². The van der Waals surface area contributed by atoms with Gasteiger partial charge in [0.15, 0.2) is 5.69 Å². The number of carbonyl (C=O) groups excluding carboxylic acids is 2. The number of aromatic amines is 1. The summed E-state index contributed by atoms with van der Waals surface area (Å²) in [6.45, 7) is 12.7. The second-order valence-corrected chi connectivity index (χ2v) is 23.8. The zero-order valence-electron chi connectivity index (χ0n) is 58.4. The predicted octanol–water partition coefficient (Wildman–Crippen LogP) is 11.4. The number of halogens is 17. The van der Waals surface area contributed by atoms with Crippen molar-refractivity contribution in [2.45, 2.75) is 135 Å². The van der Waals surface area contributed by atoms with Crippen LogP contribution in [0.2, 0.25) is 0 Å². The monoisotopic (exact) mass is 1570 g/mol. The van der Waals surface area contributed by atoms with Gasteiger partial charge in [-0.25, -0.2) is 34.5 Å². The van der Waals surface area contributed by atoms with Gasteiger partial charge in [-0.15, -0.1) is 24.0 Å². The van der Waals surface area contributed by atoms with Crippen LogP contribution in [0.4, 0.5) is 75.4 Å². The average molecular weight is 1570 g/mol. The number of ether oxygens (including phenoxy) is 2. The number of alkyl carbamates (subject to hydrolysis) is 2. The molecule has 10 aromatic heterocycles. The molecular weight excluding hydrogens is 1500 g/mol. The number of hydrogen-bond donors (Lipinski definition) is 4. The number of aromatic nitrogens is 15. The van der Waals surface area contributed by atoms with E-state index in [0.29, 0.717) is 77.6 Å². The minimum absolute atomic E-state index is 0. The molecular formula is C65H66Cl2F15N20NaO4. The molecule has 570 valence electrons. The average Bonchev–Trinajstić information content (AvgIpc) is 1.06. The fraction of sp³-hybridized carbons (Fsp3) is 0.323. The summed E-state index contributed by atoms with van der Waals surface area (Å²) in [4.78, 5) is 62.2. The molecule has 2 amide bonds. The quantitative estimate of drug-likeness (QED) is 0.0446. The number of imidazole rings is 5. The Labute approximate surface area is 635 Å². The fourth-order valence-corrected chi connectivity index (χ4v) is 7.96. The van der Waals surface area contributed by atoms with E-state index in [1.807, 2.05) is 12.1 Å². The summed E-state index contributed by atoms with van der Waals surface area (Å²) >= 11 is 5.37. The number of hydrogen-bond acceptors (Lipinski definition) is 17. The molecule has 0 aliphatic carbocycles. The number of nitrogens with zero attached hydrogens (tertiary/aromatic N) is 16. The van der Waals surface area contributed by atoms with Crippen molar-refractivity contribution >= 4 is 36.2 Å². The van der Waals surface area contributed by atoms with Gasteiger partial charge < -0.3 is 50.5 Å². The minimum atomic E-state index is -4.45. The van der Waals surface area contributed by atoms with E-state index < -0.39 is 82.7 Å². The predicted molar refractivity (Wildman–Crippen MR) is 351 cm³/mol. The van der Waals surface area contributed by atoms with Crippen LogP contribution in [0.15, 0.2) is 154 Å². The molecule has 0 bridgehead atoms. The zero-order chi connectivity index (χ0) is 78.0. The summed E-state index contributed by atoms with van der Waals surface area (Å²) in [7, 11) is 0. The van der Waals surface area contributed by atoms with E-state index in [1.54, 1.807) is 84.7 Å². The summed E-state index contributed by atoms with van der Waals surface area (Å²) < 4.78 is 201. The smallest absolute Gasteiger partial charge is 1.00 e. The van der Waals surface area contributed by atoms with E-state index in [9.17, 15) is 75.4 Å². The van der Waals surface area contributed by atoms with E-state index in [0.717, 1.165) is 48.4 Å². The molecule has 0 saturated heterocycles. The van der Waals surface area contributed by atoms with Gasteiger partial charge in [0.1, 0.15) is 57.5 Å². The molecule has 10 heterocycles. The van der Waals surface area contributed by atoms with Gasteiger partial charge >= 0.3 is 72.6 Å². The third-order valence-electron chi connectivity index (χ3n) is 12.5. The Morgan fingerprint density at radius 3 is 0.991 bits per heavy atom. The van der Waals surface area contributed by atoms with Crippen molar-refractivity contribution in [1.82, 2.24) is 83.7 Å². The number of carbonyl (C=O) groups is 2. The van der Waals surface area contributed by atoms with Crippen LogP contribution >= 0.6 is 24.0 Å². The first-order valence-electron chi connectivity index (χ1n) is 30.1. The molecule has 10 rings (SSSR count). The van der Waals surface area contributed by atoms with Crippen LogP contribution < -0.4 is 45.9 Å². The number of amides is 2. The normalized spacial score (nSPS) is 11.3. The van der Waals surface area contributed by atoms with Crippen molar-refractivity contribution in [1.29, 1.82) is 10.5 Å². The van der Waals surface area contributed by atoms with Gasteiger partial charge in [0, 0.05) is 68.2 Å². The first kappa shape index (κ1) is 91.0. The Bertz CT molecular complexity index is 4260. The fourth-order valence-electron chi connectivity index (χ4n) is 7.80. The van der Waals surface area contributed by atoms with Crippen LogP contribution in [0.3, 0.4) is 0 Å². The van der Waals surface area contributed by atoms with Crippen molar-refractivity contribution < 1.29 is 116 Å². The van der Waals surface area contributed by atoms with Crippen LogP contribution in [0.25, 0.3) is 0 Å². The Morgan fingerprint density at radius 1 is 0.467 bits per heavy atom. The number of alkyl halides is 16. The molecule has 0 spiro atoms. The summed E-state index contributed by atoms with van der Waals surface area (Å²) in [5, 5.41) is 21.8. The number of pyridine rings is 5. The molecule has 10 aromatic rings. The van der Waals surface area contributed by atoms with Crippen molar-refractivity contribution in [2.75, 3.05) is 0 Å². The van der Waals surface area contributed by atoms with Crippen LogP contribution in [-0.4, -0.2) is 96.5 Å². The summed E-state index contributed by atoms with van der Waals surface area (Å²) in [5.41, 5.74) is 5.44. The molecule has 0 aromatic carbocycles. The third kappa shape index (κ3) is 34.3. The van der Waals surface area contributed by atoms with E-state index in [2.05, 4.69) is 65.5 Å². The summed E-state index contributed by atoms with van der Waals surface area (Å²) in [5.74, 6) is 0.172. The first-order chi connectivity index (χ1) is 49.0.